The zero-order valence-electron chi connectivity index (χ0n) is 11.2. The van der Waals surface area contributed by atoms with Gasteiger partial charge < -0.3 is 15.2 Å². The van der Waals surface area contributed by atoms with E-state index in [9.17, 15) is 26.3 Å². The van der Waals surface area contributed by atoms with Crippen molar-refractivity contribution >= 4 is 5.69 Å². The summed E-state index contributed by atoms with van der Waals surface area (Å²) >= 11 is 0. The number of hydrogen-bond donors (Lipinski definition) is 1. The van der Waals surface area contributed by atoms with Gasteiger partial charge in [-0.05, 0) is 35.4 Å². The van der Waals surface area contributed by atoms with Crippen LogP contribution in [-0.4, -0.2) is 12.7 Å². The van der Waals surface area contributed by atoms with Crippen molar-refractivity contribution in [3.05, 3.63) is 42.5 Å². The molecular weight excluding hydrogens is 328 g/mol. The van der Waals surface area contributed by atoms with Crippen LogP contribution in [0.15, 0.2) is 42.5 Å². The summed E-state index contributed by atoms with van der Waals surface area (Å²) in [6.45, 7) is 0. The van der Waals surface area contributed by atoms with Crippen molar-refractivity contribution in [3.63, 3.8) is 0 Å². The molecule has 0 fully saturated rings. The highest BCUT2D eigenvalue weighted by Gasteiger charge is 2.32. The van der Waals surface area contributed by atoms with Crippen LogP contribution in [0.2, 0.25) is 0 Å². The summed E-state index contributed by atoms with van der Waals surface area (Å²) < 4.78 is 80.5. The summed E-state index contributed by atoms with van der Waals surface area (Å²) in [6.07, 6.45) is -9.74. The normalized spacial score (nSPS) is 12.1. The van der Waals surface area contributed by atoms with Crippen LogP contribution in [0, 0.1) is 0 Å². The molecule has 0 amide bonds. The van der Waals surface area contributed by atoms with E-state index in [2.05, 4.69) is 9.47 Å². The molecule has 0 heterocycles. The molecule has 2 aromatic carbocycles. The van der Waals surface area contributed by atoms with Crippen molar-refractivity contribution in [2.24, 2.45) is 0 Å². The monoisotopic (exact) mass is 337 g/mol. The Bertz CT molecular complexity index is 696. The Morgan fingerprint density at radius 3 is 1.91 bits per heavy atom. The van der Waals surface area contributed by atoms with Crippen LogP contribution in [0.5, 0.6) is 11.5 Å². The van der Waals surface area contributed by atoms with Gasteiger partial charge in [-0.1, -0.05) is 18.2 Å². The van der Waals surface area contributed by atoms with E-state index in [1.54, 1.807) is 0 Å². The molecule has 23 heavy (non-hydrogen) atoms. The third-order valence-electron chi connectivity index (χ3n) is 2.64. The predicted molar refractivity (Wildman–Crippen MR) is 69.7 cm³/mol. The van der Waals surface area contributed by atoms with E-state index >= 15 is 0 Å². The maximum Gasteiger partial charge on any atom is 0.573 e. The average molecular weight is 337 g/mol. The Kier molecular flexibility index (Phi) is 4.31. The summed E-state index contributed by atoms with van der Waals surface area (Å²) in [6, 6.07) is 8.34. The molecule has 0 aliphatic heterocycles. The third-order valence-corrected chi connectivity index (χ3v) is 2.64. The highest BCUT2D eigenvalue weighted by molar-refractivity contribution is 5.71. The number of benzene rings is 2. The standard InChI is InChI=1S/C14H9F6NO2/c15-13(16,17)22-10-3-1-2-8(6-10)9-4-5-12(11(21)7-9)23-14(18,19)20/h1-7H,21H2. The molecule has 0 aromatic heterocycles. The third kappa shape index (κ3) is 4.97. The number of nitrogen functional groups attached to an aromatic ring is 1. The van der Waals surface area contributed by atoms with E-state index in [-0.39, 0.29) is 11.3 Å². The number of hydrogen-bond acceptors (Lipinski definition) is 3. The van der Waals surface area contributed by atoms with E-state index in [1.165, 1.54) is 18.2 Å². The van der Waals surface area contributed by atoms with Crippen LogP contribution in [0.3, 0.4) is 0 Å². The summed E-state index contributed by atoms with van der Waals surface area (Å²) in [5.41, 5.74) is 5.76. The number of rotatable bonds is 3. The highest BCUT2D eigenvalue weighted by Crippen LogP contribution is 2.34. The zero-order valence-corrected chi connectivity index (χ0v) is 11.2. The van der Waals surface area contributed by atoms with Crippen LogP contribution >= 0.6 is 0 Å². The van der Waals surface area contributed by atoms with E-state index in [1.807, 2.05) is 0 Å². The highest BCUT2D eigenvalue weighted by atomic mass is 19.4. The van der Waals surface area contributed by atoms with Gasteiger partial charge in [0.15, 0.2) is 5.75 Å². The van der Waals surface area contributed by atoms with Gasteiger partial charge in [0.2, 0.25) is 0 Å². The van der Waals surface area contributed by atoms with Gasteiger partial charge in [-0.15, -0.1) is 26.3 Å². The Morgan fingerprint density at radius 2 is 1.35 bits per heavy atom. The van der Waals surface area contributed by atoms with Crippen molar-refractivity contribution in [3.8, 4) is 22.6 Å². The van der Waals surface area contributed by atoms with E-state index in [4.69, 9.17) is 5.73 Å². The average Bonchev–Trinajstić information content (AvgIpc) is 2.38. The largest absolute Gasteiger partial charge is 0.573 e. The summed E-state index contributed by atoms with van der Waals surface area (Å²) in [5, 5.41) is 0. The minimum Gasteiger partial charge on any atom is -0.406 e. The van der Waals surface area contributed by atoms with E-state index in [0.29, 0.717) is 5.56 Å². The lowest BCUT2D eigenvalue weighted by Crippen LogP contribution is -2.18. The first kappa shape index (κ1) is 16.8. The smallest absolute Gasteiger partial charge is 0.406 e. The van der Waals surface area contributed by atoms with Crippen molar-refractivity contribution in [2.75, 3.05) is 5.73 Å². The van der Waals surface area contributed by atoms with Gasteiger partial charge in [0.25, 0.3) is 0 Å². The van der Waals surface area contributed by atoms with Crippen molar-refractivity contribution in [1.29, 1.82) is 0 Å². The molecule has 0 spiro atoms. The summed E-state index contributed by atoms with van der Waals surface area (Å²) in [5.74, 6) is -1.05. The quantitative estimate of drug-likeness (QED) is 0.650. The molecule has 0 bridgehead atoms. The molecule has 0 aliphatic rings. The van der Waals surface area contributed by atoms with Gasteiger partial charge in [-0.25, -0.2) is 0 Å². The van der Waals surface area contributed by atoms with Crippen LogP contribution in [0.1, 0.15) is 0 Å². The van der Waals surface area contributed by atoms with Gasteiger partial charge in [0.05, 0.1) is 5.69 Å². The number of halogens is 6. The lowest BCUT2D eigenvalue weighted by molar-refractivity contribution is -0.275. The van der Waals surface area contributed by atoms with E-state index < -0.39 is 24.2 Å². The molecule has 2 rings (SSSR count). The fraction of sp³-hybridized carbons (Fsp3) is 0.143. The number of anilines is 1. The number of ether oxygens (including phenoxy) is 2. The molecular formula is C14H9F6NO2. The molecule has 9 heteroatoms. The topological polar surface area (TPSA) is 44.5 Å². The lowest BCUT2D eigenvalue weighted by atomic mass is 10.0. The zero-order chi connectivity index (χ0) is 17.3. The van der Waals surface area contributed by atoms with Crippen molar-refractivity contribution in [1.82, 2.24) is 0 Å². The fourth-order valence-corrected chi connectivity index (χ4v) is 1.82. The number of nitrogens with two attached hydrogens (primary N) is 1. The Hall–Kier alpha value is -2.58. The minimum absolute atomic E-state index is 0.289. The second-order valence-electron chi connectivity index (χ2n) is 4.38. The Balaban J connectivity index is 2.29. The van der Waals surface area contributed by atoms with Gasteiger partial charge in [0.1, 0.15) is 5.75 Å². The maximum atomic E-state index is 12.2. The fourth-order valence-electron chi connectivity index (χ4n) is 1.82. The molecule has 0 unspecified atom stereocenters. The molecule has 0 saturated heterocycles. The van der Waals surface area contributed by atoms with Gasteiger partial charge in [-0.2, -0.15) is 0 Å². The first-order valence-corrected chi connectivity index (χ1v) is 6.05. The second kappa shape index (κ2) is 5.90. The van der Waals surface area contributed by atoms with Crippen molar-refractivity contribution < 1.29 is 35.8 Å². The van der Waals surface area contributed by atoms with E-state index in [0.717, 1.165) is 24.3 Å². The molecule has 0 atom stereocenters. The second-order valence-corrected chi connectivity index (χ2v) is 4.38. The molecule has 0 saturated carbocycles. The molecule has 124 valence electrons. The Morgan fingerprint density at radius 1 is 0.739 bits per heavy atom. The number of alkyl halides is 6. The first-order chi connectivity index (χ1) is 10.5. The minimum atomic E-state index is -4.89. The summed E-state index contributed by atoms with van der Waals surface area (Å²) in [4.78, 5) is 0. The van der Waals surface area contributed by atoms with Gasteiger partial charge in [-0.3, -0.25) is 0 Å². The molecule has 0 radical (unpaired) electrons. The van der Waals surface area contributed by atoms with Crippen LogP contribution in [-0.2, 0) is 0 Å². The van der Waals surface area contributed by atoms with Gasteiger partial charge >= 0.3 is 12.7 Å². The van der Waals surface area contributed by atoms with Crippen LogP contribution in [0.4, 0.5) is 32.0 Å². The van der Waals surface area contributed by atoms with Gasteiger partial charge in [0, 0.05) is 0 Å². The molecule has 2 N–H and O–H groups in total. The lowest BCUT2D eigenvalue weighted by Gasteiger charge is -2.13. The van der Waals surface area contributed by atoms with Crippen molar-refractivity contribution in [2.45, 2.75) is 12.7 Å². The molecule has 2 aromatic rings. The summed E-state index contributed by atoms with van der Waals surface area (Å²) in [7, 11) is 0. The van der Waals surface area contributed by atoms with Crippen LogP contribution < -0.4 is 15.2 Å². The first-order valence-electron chi connectivity index (χ1n) is 6.05. The maximum absolute atomic E-state index is 12.2. The predicted octanol–water partition coefficient (Wildman–Crippen LogP) is 4.73. The molecule has 0 aliphatic carbocycles. The van der Waals surface area contributed by atoms with Crippen LogP contribution in [0.25, 0.3) is 11.1 Å². The SMILES string of the molecule is Nc1cc(-c2cccc(OC(F)(F)F)c2)ccc1OC(F)(F)F. The Labute approximate surface area is 126 Å². The molecule has 3 nitrogen and oxygen atoms in total.